The third-order valence-corrected chi connectivity index (χ3v) is 6.68. The highest BCUT2D eigenvalue weighted by molar-refractivity contribution is 6.07. The molecule has 0 bridgehead atoms. The SMILES string of the molecule is CCOC1CCC2Oc3ccc(-c4cccnc4F)cc3C3(N=C(N)N(C)C3=O)[C@H]2C1. The first-order valence-corrected chi connectivity index (χ1v) is 10.6. The molecule has 2 aliphatic heterocycles. The highest BCUT2D eigenvalue weighted by atomic mass is 19.1. The summed E-state index contributed by atoms with van der Waals surface area (Å²) in [6, 6.07) is 8.72. The Kier molecular flexibility index (Phi) is 4.69. The van der Waals surface area contributed by atoms with Crippen molar-refractivity contribution in [2.75, 3.05) is 13.7 Å². The van der Waals surface area contributed by atoms with E-state index in [1.807, 2.05) is 6.92 Å². The van der Waals surface area contributed by atoms with Crippen molar-refractivity contribution in [1.29, 1.82) is 0 Å². The van der Waals surface area contributed by atoms with Gasteiger partial charge in [0.15, 0.2) is 11.5 Å². The second kappa shape index (κ2) is 7.30. The van der Waals surface area contributed by atoms with Crippen molar-refractivity contribution in [2.45, 2.75) is 43.9 Å². The van der Waals surface area contributed by atoms with E-state index in [-0.39, 0.29) is 30.0 Å². The molecule has 1 saturated carbocycles. The van der Waals surface area contributed by atoms with E-state index in [0.29, 0.717) is 35.5 Å². The average Bonchev–Trinajstić information content (AvgIpc) is 3.00. The zero-order chi connectivity index (χ0) is 21.8. The number of hydrogen-bond donors (Lipinski definition) is 1. The molecule has 7 nitrogen and oxygen atoms in total. The van der Waals surface area contributed by atoms with Crippen LogP contribution in [-0.2, 0) is 15.1 Å². The van der Waals surface area contributed by atoms with E-state index in [1.54, 1.807) is 37.4 Å². The van der Waals surface area contributed by atoms with E-state index in [4.69, 9.17) is 20.2 Å². The number of nitrogens with two attached hydrogens (primary N) is 1. The number of carbonyl (C=O) groups is 1. The molecule has 3 aliphatic rings. The van der Waals surface area contributed by atoms with Crippen molar-refractivity contribution < 1.29 is 18.7 Å². The molecule has 0 radical (unpaired) electrons. The number of aromatic nitrogens is 1. The zero-order valence-corrected chi connectivity index (χ0v) is 17.5. The Morgan fingerprint density at radius 1 is 1.35 bits per heavy atom. The summed E-state index contributed by atoms with van der Waals surface area (Å²) in [7, 11) is 1.63. The minimum Gasteiger partial charge on any atom is -0.490 e. The van der Waals surface area contributed by atoms with E-state index in [1.165, 1.54) is 11.1 Å². The number of carbonyl (C=O) groups excluding carboxylic acids is 1. The first-order valence-electron chi connectivity index (χ1n) is 10.6. The Bertz CT molecular complexity index is 1070. The summed E-state index contributed by atoms with van der Waals surface area (Å²) in [5.41, 5.74) is 6.51. The van der Waals surface area contributed by atoms with Crippen molar-refractivity contribution in [1.82, 2.24) is 9.88 Å². The Morgan fingerprint density at radius 3 is 2.90 bits per heavy atom. The lowest BCUT2D eigenvalue weighted by Gasteiger charge is -2.47. The summed E-state index contributed by atoms with van der Waals surface area (Å²) < 4.78 is 26.6. The van der Waals surface area contributed by atoms with E-state index >= 15 is 0 Å². The Hall–Kier alpha value is -3.00. The third kappa shape index (κ3) is 2.92. The number of amides is 1. The van der Waals surface area contributed by atoms with Crippen LogP contribution in [-0.4, -0.2) is 47.6 Å². The largest absolute Gasteiger partial charge is 0.490 e. The summed E-state index contributed by atoms with van der Waals surface area (Å²) in [5.74, 6) is -0.226. The molecule has 8 heteroatoms. The van der Waals surface area contributed by atoms with Gasteiger partial charge in [0.2, 0.25) is 5.95 Å². The molecule has 1 spiro atoms. The number of fused-ring (bicyclic) bond motifs is 4. The van der Waals surface area contributed by atoms with Crippen molar-refractivity contribution in [3.63, 3.8) is 0 Å². The fourth-order valence-electron chi connectivity index (χ4n) is 5.21. The minimum absolute atomic E-state index is 0.0300. The highest BCUT2D eigenvalue weighted by Crippen LogP contribution is 2.54. The van der Waals surface area contributed by atoms with Gasteiger partial charge in [-0.15, -0.1) is 0 Å². The quantitative estimate of drug-likeness (QED) is 0.766. The molecule has 1 aromatic carbocycles. The number of likely N-dealkylation sites (N-methyl/N-ethyl adjacent to an activating group) is 1. The van der Waals surface area contributed by atoms with E-state index in [9.17, 15) is 9.18 Å². The minimum atomic E-state index is -1.21. The number of halogens is 1. The fourth-order valence-corrected chi connectivity index (χ4v) is 5.21. The average molecular weight is 424 g/mol. The first kappa shape index (κ1) is 19.9. The lowest BCUT2D eigenvalue weighted by atomic mass is 9.66. The maximum absolute atomic E-state index is 14.4. The third-order valence-electron chi connectivity index (χ3n) is 6.68. The molecule has 1 aliphatic carbocycles. The molecule has 31 heavy (non-hydrogen) atoms. The van der Waals surface area contributed by atoms with Gasteiger partial charge in [0.25, 0.3) is 5.91 Å². The molecular formula is C23H25FN4O3. The van der Waals surface area contributed by atoms with Crippen LogP contribution in [0.25, 0.3) is 11.1 Å². The van der Waals surface area contributed by atoms with Gasteiger partial charge in [-0.05, 0) is 56.0 Å². The van der Waals surface area contributed by atoms with Gasteiger partial charge in [0.1, 0.15) is 11.9 Å². The van der Waals surface area contributed by atoms with Crippen LogP contribution in [0.2, 0.25) is 0 Å². The van der Waals surface area contributed by atoms with E-state index < -0.39 is 11.5 Å². The topological polar surface area (TPSA) is 90.0 Å². The molecule has 2 N–H and O–H groups in total. The zero-order valence-electron chi connectivity index (χ0n) is 17.5. The van der Waals surface area contributed by atoms with Crippen LogP contribution < -0.4 is 10.5 Å². The smallest absolute Gasteiger partial charge is 0.262 e. The number of aliphatic imine (C=N–C) groups is 1. The number of hydrogen-bond acceptors (Lipinski definition) is 6. The fraction of sp³-hybridized carbons (Fsp3) is 0.435. The summed E-state index contributed by atoms with van der Waals surface area (Å²) >= 11 is 0. The molecule has 3 unspecified atom stereocenters. The summed E-state index contributed by atoms with van der Waals surface area (Å²) in [6.07, 6.45) is 3.53. The maximum atomic E-state index is 14.4. The number of nitrogens with zero attached hydrogens (tertiary/aromatic N) is 3. The lowest BCUT2D eigenvalue weighted by molar-refractivity contribution is -0.139. The molecule has 1 amide bonds. The van der Waals surface area contributed by atoms with Gasteiger partial charge in [-0.1, -0.05) is 6.07 Å². The van der Waals surface area contributed by atoms with Gasteiger partial charge in [-0.2, -0.15) is 4.39 Å². The van der Waals surface area contributed by atoms with Crippen LogP contribution in [0.3, 0.4) is 0 Å². The maximum Gasteiger partial charge on any atom is 0.262 e. The van der Waals surface area contributed by atoms with Crippen molar-refractivity contribution in [3.8, 4) is 16.9 Å². The van der Waals surface area contributed by atoms with Gasteiger partial charge in [-0.25, -0.2) is 9.98 Å². The molecule has 162 valence electrons. The predicted molar refractivity (Wildman–Crippen MR) is 113 cm³/mol. The van der Waals surface area contributed by atoms with E-state index in [0.717, 1.165) is 12.8 Å². The normalized spacial score (nSPS) is 29.4. The van der Waals surface area contributed by atoms with Gasteiger partial charge >= 0.3 is 0 Å². The van der Waals surface area contributed by atoms with Crippen molar-refractivity contribution in [2.24, 2.45) is 16.6 Å². The molecule has 5 rings (SSSR count). The summed E-state index contributed by atoms with van der Waals surface area (Å²) in [5, 5.41) is 0. The molecule has 4 atom stereocenters. The number of pyridine rings is 1. The van der Waals surface area contributed by atoms with Crippen molar-refractivity contribution in [3.05, 3.63) is 48.0 Å². The number of ether oxygens (including phenoxy) is 2. The van der Waals surface area contributed by atoms with Gasteiger partial charge < -0.3 is 15.2 Å². The van der Waals surface area contributed by atoms with Gasteiger partial charge in [0, 0.05) is 36.9 Å². The van der Waals surface area contributed by atoms with Crippen LogP contribution in [0.15, 0.2) is 41.5 Å². The number of benzene rings is 1. The molecule has 1 fully saturated rings. The Balaban J connectivity index is 1.69. The van der Waals surface area contributed by atoms with Gasteiger partial charge in [-0.3, -0.25) is 9.69 Å². The molecule has 3 heterocycles. The second-order valence-corrected chi connectivity index (χ2v) is 8.31. The predicted octanol–water partition coefficient (Wildman–Crippen LogP) is 2.84. The molecule has 1 aromatic heterocycles. The van der Waals surface area contributed by atoms with Crippen LogP contribution >= 0.6 is 0 Å². The molecule has 2 aromatic rings. The summed E-state index contributed by atoms with van der Waals surface area (Å²) in [4.78, 5) is 23.5. The van der Waals surface area contributed by atoms with E-state index in [2.05, 4.69) is 4.98 Å². The standard InChI is InChI=1S/C23H25FN4O3/c1-3-30-14-7-9-19-17(12-14)23(21(29)28(2)22(25)27-23)16-11-13(6-8-18(16)31-19)15-5-4-10-26-20(15)24/h4-6,8,10-11,14,17,19H,3,7,9,12H2,1-2H3,(H2,25,27)/t14?,17-,19?,23?/m0/s1. The first-order chi connectivity index (χ1) is 15.0. The Labute approximate surface area is 180 Å². The Morgan fingerprint density at radius 2 is 2.19 bits per heavy atom. The second-order valence-electron chi connectivity index (χ2n) is 8.31. The van der Waals surface area contributed by atoms with Crippen LogP contribution in [0.1, 0.15) is 31.7 Å². The summed E-state index contributed by atoms with van der Waals surface area (Å²) in [6.45, 7) is 2.57. The van der Waals surface area contributed by atoms with Crippen molar-refractivity contribution >= 4 is 11.9 Å². The number of guanidine groups is 1. The molecular weight excluding hydrogens is 399 g/mol. The highest BCUT2D eigenvalue weighted by Gasteiger charge is 2.61. The number of rotatable bonds is 3. The van der Waals surface area contributed by atoms with Gasteiger partial charge in [0.05, 0.1) is 6.10 Å². The van der Waals surface area contributed by atoms with Crippen LogP contribution in [0.4, 0.5) is 4.39 Å². The molecule has 0 saturated heterocycles. The lowest BCUT2D eigenvalue weighted by Crippen LogP contribution is -2.55. The van der Waals surface area contributed by atoms with Crippen LogP contribution in [0.5, 0.6) is 5.75 Å². The van der Waals surface area contributed by atoms with Crippen LogP contribution in [0, 0.1) is 11.9 Å². The monoisotopic (exact) mass is 424 g/mol.